The van der Waals surface area contributed by atoms with Crippen LogP contribution >= 0.6 is 0 Å². The Morgan fingerprint density at radius 3 is 1.39 bits per heavy atom. The maximum atomic E-state index is 3.79. The number of hydrogen-bond donors (Lipinski definition) is 0. The van der Waals surface area contributed by atoms with Crippen LogP contribution in [0.5, 0.6) is 0 Å². The SMILES string of the molecule is C=C/C=C\C(CC)=C(/C=C)CC.CC.CC.CC. The monoisotopic (exact) mass is 252 g/mol. The zero-order valence-electron chi connectivity index (χ0n) is 14.1. The van der Waals surface area contributed by atoms with Crippen molar-refractivity contribution in [2.45, 2.75) is 68.2 Å². The molecule has 108 valence electrons. The summed E-state index contributed by atoms with van der Waals surface area (Å²) in [5.41, 5.74) is 2.68. The van der Waals surface area contributed by atoms with Crippen molar-refractivity contribution in [1.29, 1.82) is 0 Å². The zero-order chi connectivity index (χ0) is 15.4. The van der Waals surface area contributed by atoms with Crippen molar-refractivity contribution in [2.24, 2.45) is 0 Å². The molecule has 0 aromatic rings. The van der Waals surface area contributed by atoms with Gasteiger partial charge in [-0.1, -0.05) is 92.9 Å². The molecule has 0 aromatic carbocycles. The van der Waals surface area contributed by atoms with Crippen molar-refractivity contribution < 1.29 is 0 Å². The fourth-order valence-electron chi connectivity index (χ4n) is 1.14. The van der Waals surface area contributed by atoms with E-state index in [0.717, 1.165) is 12.8 Å². The van der Waals surface area contributed by atoms with Gasteiger partial charge in [-0.25, -0.2) is 0 Å². The maximum absolute atomic E-state index is 3.79. The lowest BCUT2D eigenvalue weighted by Crippen LogP contribution is -1.83. The standard InChI is InChI=1S/C12H18.3C2H6/c1-5-9-10-12(8-4)11(6-2)7-3;3*1-2/h5-6,9-10H,1-2,7-8H2,3-4H3;3*1-2H3/b10-9-,12-11+;;;. The van der Waals surface area contributed by atoms with E-state index in [1.165, 1.54) is 11.1 Å². The van der Waals surface area contributed by atoms with Crippen LogP contribution in [0, 0.1) is 0 Å². The van der Waals surface area contributed by atoms with Gasteiger partial charge in [0.2, 0.25) is 0 Å². The number of rotatable bonds is 5. The second kappa shape index (κ2) is 29.7. The molecule has 0 amide bonds. The molecular formula is C18H36. The van der Waals surface area contributed by atoms with E-state index in [9.17, 15) is 0 Å². The first-order valence-corrected chi connectivity index (χ1v) is 7.43. The lowest BCUT2D eigenvalue weighted by molar-refractivity contribution is 1.05. The van der Waals surface area contributed by atoms with E-state index in [0.29, 0.717) is 0 Å². The summed E-state index contributed by atoms with van der Waals surface area (Å²) in [5, 5.41) is 0. The van der Waals surface area contributed by atoms with E-state index in [-0.39, 0.29) is 0 Å². The van der Waals surface area contributed by atoms with Crippen LogP contribution in [-0.2, 0) is 0 Å². The molecule has 0 aromatic heterocycles. The summed E-state index contributed by atoms with van der Waals surface area (Å²) in [4.78, 5) is 0. The summed E-state index contributed by atoms with van der Waals surface area (Å²) in [6, 6.07) is 0. The van der Waals surface area contributed by atoms with Gasteiger partial charge in [-0.3, -0.25) is 0 Å². The summed E-state index contributed by atoms with van der Waals surface area (Å²) in [6.45, 7) is 23.7. The van der Waals surface area contributed by atoms with Crippen LogP contribution in [0.25, 0.3) is 0 Å². The number of hydrogen-bond acceptors (Lipinski definition) is 0. The fraction of sp³-hybridized carbons (Fsp3) is 0.556. The summed E-state index contributed by atoms with van der Waals surface area (Å²) < 4.78 is 0. The van der Waals surface area contributed by atoms with Gasteiger partial charge in [0.05, 0.1) is 0 Å². The Labute approximate surface area is 117 Å². The van der Waals surface area contributed by atoms with Crippen molar-refractivity contribution in [3.8, 4) is 0 Å². The minimum Gasteiger partial charge on any atom is -0.0991 e. The molecule has 0 aliphatic heterocycles. The molecule has 0 fully saturated rings. The van der Waals surface area contributed by atoms with Crippen LogP contribution < -0.4 is 0 Å². The molecule has 0 saturated carbocycles. The van der Waals surface area contributed by atoms with Gasteiger partial charge in [0, 0.05) is 0 Å². The Kier molecular flexibility index (Phi) is 42.5. The Bertz CT molecular complexity index is 204. The molecule has 0 radical (unpaired) electrons. The molecule has 0 atom stereocenters. The Hall–Kier alpha value is -1.04. The predicted octanol–water partition coefficient (Wildman–Crippen LogP) is 7.11. The van der Waals surface area contributed by atoms with Crippen LogP contribution in [0.15, 0.2) is 48.6 Å². The first kappa shape index (κ1) is 25.7. The van der Waals surface area contributed by atoms with Crippen LogP contribution in [0.3, 0.4) is 0 Å². The highest BCUT2D eigenvalue weighted by Gasteiger charge is 1.94. The lowest BCUT2D eigenvalue weighted by atomic mass is 10.0. The van der Waals surface area contributed by atoms with Gasteiger partial charge in [-0.2, -0.15) is 0 Å². The Morgan fingerprint density at radius 1 is 0.778 bits per heavy atom. The van der Waals surface area contributed by atoms with Crippen LogP contribution in [0.2, 0.25) is 0 Å². The van der Waals surface area contributed by atoms with E-state index in [2.05, 4.69) is 33.1 Å². The maximum Gasteiger partial charge on any atom is -0.0305 e. The predicted molar refractivity (Wildman–Crippen MR) is 91.2 cm³/mol. The molecule has 0 nitrogen and oxygen atoms in total. The van der Waals surface area contributed by atoms with E-state index < -0.39 is 0 Å². The van der Waals surface area contributed by atoms with Gasteiger partial charge in [0.25, 0.3) is 0 Å². The van der Waals surface area contributed by atoms with Gasteiger partial charge < -0.3 is 0 Å². The fourth-order valence-corrected chi connectivity index (χ4v) is 1.14. The van der Waals surface area contributed by atoms with Gasteiger partial charge >= 0.3 is 0 Å². The highest BCUT2D eigenvalue weighted by molar-refractivity contribution is 5.32. The van der Waals surface area contributed by atoms with Gasteiger partial charge in [-0.15, -0.1) is 0 Å². The van der Waals surface area contributed by atoms with Crippen molar-refractivity contribution >= 4 is 0 Å². The topological polar surface area (TPSA) is 0 Å². The molecule has 0 spiro atoms. The van der Waals surface area contributed by atoms with E-state index in [1.54, 1.807) is 6.08 Å². The molecule has 0 bridgehead atoms. The molecule has 0 aliphatic rings. The van der Waals surface area contributed by atoms with Crippen molar-refractivity contribution in [3.63, 3.8) is 0 Å². The normalized spacial score (nSPS) is 9.56. The van der Waals surface area contributed by atoms with Gasteiger partial charge in [-0.05, 0) is 24.0 Å². The average molecular weight is 252 g/mol. The Morgan fingerprint density at radius 2 is 1.17 bits per heavy atom. The van der Waals surface area contributed by atoms with E-state index >= 15 is 0 Å². The van der Waals surface area contributed by atoms with Gasteiger partial charge in [0.15, 0.2) is 0 Å². The highest BCUT2D eigenvalue weighted by atomic mass is 14.0. The van der Waals surface area contributed by atoms with Crippen molar-refractivity contribution in [2.75, 3.05) is 0 Å². The largest absolute Gasteiger partial charge is 0.0991 e. The molecule has 0 heteroatoms. The number of allylic oxidation sites excluding steroid dienone is 6. The summed E-state index contributed by atoms with van der Waals surface area (Å²) >= 11 is 0. The lowest BCUT2D eigenvalue weighted by Gasteiger charge is -2.03. The molecular weight excluding hydrogens is 216 g/mol. The molecule has 0 aliphatic carbocycles. The Balaban J connectivity index is -0.000000141. The molecule has 0 rings (SSSR count). The third-order valence-electron chi connectivity index (χ3n) is 1.85. The van der Waals surface area contributed by atoms with E-state index in [1.807, 2.05) is 53.7 Å². The quantitative estimate of drug-likeness (QED) is 0.457. The third kappa shape index (κ3) is 17.4. The van der Waals surface area contributed by atoms with Crippen LogP contribution in [-0.4, -0.2) is 0 Å². The molecule has 18 heavy (non-hydrogen) atoms. The zero-order valence-corrected chi connectivity index (χ0v) is 14.1. The summed E-state index contributed by atoms with van der Waals surface area (Å²) in [5.74, 6) is 0. The summed E-state index contributed by atoms with van der Waals surface area (Å²) in [7, 11) is 0. The minimum absolute atomic E-state index is 1.05. The second-order valence-corrected chi connectivity index (χ2v) is 2.56. The first-order valence-electron chi connectivity index (χ1n) is 7.43. The molecule has 0 unspecified atom stereocenters. The second-order valence-electron chi connectivity index (χ2n) is 2.56. The highest BCUT2D eigenvalue weighted by Crippen LogP contribution is 2.14. The smallest absolute Gasteiger partial charge is 0.0305 e. The first-order chi connectivity index (χ1) is 8.79. The van der Waals surface area contributed by atoms with Crippen molar-refractivity contribution in [3.05, 3.63) is 48.6 Å². The third-order valence-corrected chi connectivity index (χ3v) is 1.85. The average Bonchev–Trinajstić information content (AvgIpc) is 2.49. The molecule has 0 heterocycles. The van der Waals surface area contributed by atoms with Gasteiger partial charge in [0.1, 0.15) is 0 Å². The minimum atomic E-state index is 1.05. The van der Waals surface area contributed by atoms with E-state index in [4.69, 9.17) is 0 Å². The molecule has 0 N–H and O–H groups in total. The van der Waals surface area contributed by atoms with Crippen molar-refractivity contribution in [1.82, 2.24) is 0 Å². The van der Waals surface area contributed by atoms with Crippen LogP contribution in [0.1, 0.15) is 68.2 Å². The summed E-state index contributed by atoms with van der Waals surface area (Å²) in [6.07, 6.45) is 9.91. The van der Waals surface area contributed by atoms with Crippen LogP contribution in [0.4, 0.5) is 0 Å². The molecule has 0 saturated heterocycles.